The minimum atomic E-state index is -0.344. The van der Waals surface area contributed by atoms with E-state index in [-0.39, 0.29) is 34.6 Å². The van der Waals surface area contributed by atoms with Gasteiger partial charge < -0.3 is 9.47 Å². The molecular weight excluding hydrogens is 228 g/mol. The molecule has 2 saturated carbocycles. The lowest BCUT2D eigenvalue weighted by Crippen LogP contribution is -2.40. The molecule has 2 heterocycles. The molecule has 0 aromatic carbocycles. The Kier molecular flexibility index (Phi) is 1.75. The van der Waals surface area contributed by atoms with Gasteiger partial charge in [-0.05, 0) is 41.9 Å². The number of ether oxygens (including phenoxy) is 2. The maximum Gasteiger partial charge on any atom is 0.317 e. The third-order valence-electron chi connectivity index (χ3n) is 7.44. The number of epoxide rings is 1. The Morgan fingerprint density at radius 1 is 1.22 bits per heavy atom. The van der Waals surface area contributed by atoms with Crippen molar-refractivity contribution in [1.82, 2.24) is 0 Å². The van der Waals surface area contributed by atoms with Gasteiger partial charge >= 0.3 is 5.97 Å². The van der Waals surface area contributed by atoms with Gasteiger partial charge in [0.2, 0.25) is 6.29 Å². The summed E-state index contributed by atoms with van der Waals surface area (Å²) in [5, 5.41) is 0. The van der Waals surface area contributed by atoms with Crippen molar-refractivity contribution < 1.29 is 14.3 Å². The highest BCUT2D eigenvalue weighted by Crippen LogP contribution is 2.76. The van der Waals surface area contributed by atoms with Crippen LogP contribution in [-0.2, 0) is 14.3 Å². The van der Waals surface area contributed by atoms with E-state index in [1.165, 1.54) is 12.8 Å². The molecule has 2 saturated heterocycles. The van der Waals surface area contributed by atoms with Crippen molar-refractivity contribution in [3.8, 4) is 0 Å². The van der Waals surface area contributed by atoms with Gasteiger partial charge in [0.1, 0.15) is 11.5 Å². The highest BCUT2D eigenvalue weighted by molar-refractivity contribution is 5.82. The monoisotopic (exact) mass is 250 g/mol. The van der Waals surface area contributed by atoms with Crippen molar-refractivity contribution in [2.75, 3.05) is 0 Å². The number of hydrogen-bond donors (Lipinski definition) is 0. The van der Waals surface area contributed by atoms with E-state index < -0.39 is 0 Å². The Bertz CT molecular complexity index is 445. The van der Waals surface area contributed by atoms with Crippen molar-refractivity contribution in [1.29, 1.82) is 0 Å². The van der Waals surface area contributed by atoms with Crippen molar-refractivity contribution in [2.24, 2.45) is 28.1 Å². The number of esters is 1. The molecule has 4 rings (SSSR count). The minimum Gasteiger partial charge on any atom is -0.432 e. The number of carbonyl (C=O) groups excluding carboxylic acids is 1. The molecule has 0 aromatic heterocycles. The van der Waals surface area contributed by atoms with E-state index in [2.05, 4.69) is 27.7 Å². The first-order chi connectivity index (χ1) is 8.36. The fraction of sp³-hybridized carbons (Fsp3) is 0.933. The van der Waals surface area contributed by atoms with E-state index in [0.29, 0.717) is 11.8 Å². The molecule has 0 radical (unpaired) electrons. The van der Waals surface area contributed by atoms with Crippen molar-refractivity contribution in [3.63, 3.8) is 0 Å². The second kappa shape index (κ2) is 2.79. The molecule has 7 atom stereocenters. The molecule has 2 aliphatic carbocycles. The Morgan fingerprint density at radius 3 is 2.50 bits per heavy atom. The number of fused-ring (bicyclic) bond motifs is 3. The number of hydrogen-bond acceptors (Lipinski definition) is 3. The van der Waals surface area contributed by atoms with Gasteiger partial charge in [0.25, 0.3) is 0 Å². The lowest BCUT2D eigenvalue weighted by molar-refractivity contribution is -0.162. The molecule has 3 heteroatoms. The summed E-state index contributed by atoms with van der Waals surface area (Å²) in [6.07, 6.45) is 3.31. The fourth-order valence-electron chi connectivity index (χ4n) is 5.58. The van der Waals surface area contributed by atoms with E-state index in [9.17, 15) is 4.79 Å². The molecular formula is C15H22O3. The molecule has 0 bridgehead atoms. The van der Waals surface area contributed by atoms with Gasteiger partial charge in [0, 0.05) is 0 Å². The summed E-state index contributed by atoms with van der Waals surface area (Å²) in [6, 6.07) is 0. The van der Waals surface area contributed by atoms with Gasteiger partial charge in [-0.1, -0.05) is 27.7 Å². The normalized spacial score (nSPS) is 65.0. The zero-order valence-electron chi connectivity index (χ0n) is 11.7. The van der Waals surface area contributed by atoms with E-state index in [1.54, 1.807) is 0 Å². The summed E-state index contributed by atoms with van der Waals surface area (Å²) in [5.74, 6) is 1.07. The Balaban J connectivity index is 1.85. The first-order valence-electron chi connectivity index (χ1n) is 7.23. The average Bonchev–Trinajstić information content (AvgIpc) is 2.94. The molecule has 0 unspecified atom stereocenters. The van der Waals surface area contributed by atoms with Crippen LogP contribution in [0.2, 0.25) is 0 Å². The summed E-state index contributed by atoms with van der Waals surface area (Å²) >= 11 is 0. The quantitative estimate of drug-likeness (QED) is 0.490. The lowest BCUT2D eigenvalue weighted by atomic mass is 9.64. The molecule has 18 heavy (non-hydrogen) atoms. The standard InChI is InChI=1S/C15H22O3/c1-8-5-6-13(3)9(2)15(7-14(8,13)4)10-11(17-10)18-12(15)16/h8-11H,5-7H2,1-4H3/t8-,9+,10-,11-,13+,14+,15+/m0/s1. The maximum absolute atomic E-state index is 12.4. The van der Waals surface area contributed by atoms with E-state index in [4.69, 9.17) is 9.47 Å². The topological polar surface area (TPSA) is 38.8 Å². The van der Waals surface area contributed by atoms with Crippen LogP contribution in [0.1, 0.15) is 47.0 Å². The molecule has 0 aromatic rings. The summed E-state index contributed by atoms with van der Waals surface area (Å²) in [6.45, 7) is 9.38. The summed E-state index contributed by atoms with van der Waals surface area (Å²) in [5.41, 5.74) is 0.168. The van der Waals surface area contributed by atoms with Crippen molar-refractivity contribution in [3.05, 3.63) is 0 Å². The van der Waals surface area contributed by atoms with Gasteiger partial charge in [0.05, 0.1) is 0 Å². The van der Waals surface area contributed by atoms with Crippen LogP contribution < -0.4 is 0 Å². The third kappa shape index (κ3) is 0.880. The van der Waals surface area contributed by atoms with E-state index >= 15 is 0 Å². The first kappa shape index (κ1) is 11.3. The molecule has 0 N–H and O–H groups in total. The predicted molar refractivity (Wildman–Crippen MR) is 65.6 cm³/mol. The van der Waals surface area contributed by atoms with Crippen molar-refractivity contribution >= 4 is 5.97 Å². The highest BCUT2D eigenvalue weighted by atomic mass is 16.8. The molecule has 100 valence electrons. The van der Waals surface area contributed by atoms with Crippen molar-refractivity contribution in [2.45, 2.75) is 59.4 Å². The van der Waals surface area contributed by atoms with Crippen LogP contribution in [0, 0.1) is 28.1 Å². The van der Waals surface area contributed by atoms with E-state index in [1.807, 2.05) is 0 Å². The van der Waals surface area contributed by atoms with Crippen LogP contribution in [0.25, 0.3) is 0 Å². The van der Waals surface area contributed by atoms with Crippen LogP contribution >= 0.6 is 0 Å². The summed E-state index contributed by atoms with van der Waals surface area (Å²) in [7, 11) is 0. The zero-order valence-corrected chi connectivity index (χ0v) is 11.7. The second-order valence-corrected chi connectivity index (χ2v) is 7.54. The van der Waals surface area contributed by atoms with Gasteiger partial charge in [-0.2, -0.15) is 0 Å². The Hall–Kier alpha value is -0.570. The van der Waals surface area contributed by atoms with Gasteiger partial charge in [-0.25, -0.2) is 0 Å². The van der Waals surface area contributed by atoms with Gasteiger partial charge in [0.15, 0.2) is 0 Å². The van der Waals surface area contributed by atoms with Crippen LogP contribution in [0.3, 0.4) is 0 Å². The highest BCUT2D eigenvalue weighted by Gasteiger charge is 2.80. The summed E-state index contributed by atoms with van der Waals surface area (Å²) < 4.78 is 11.0. The second-order valence-electron chi connectivity index (χ2n) is 7.54. The van der Waals surface area contributed by atoms with Crippen LogP contribution in [0.15, 0.2) is 0 Å². The minimum absolute atomic E-state index is 0.0142. The van der Waals surface area contributed by atoms with Gasteiger partial charge in [-0.15, -0.1) is 0 Å². The Labute approximate surface area is 108 Å². The zero-order chi connectivity index (χ0) is 12.9. The average molecular weight is 250 g/mol. The SMILES string of the molecule is C[C@H]1CC[C@]2(C)[C@@H](C)[C@@]3(C[C@]12C)C(=O)O[C@@H]1O[C@@H]13. The molecule has 2 aliphatic heterocycles. The largest absolute Gasteiger partial charge is 0.432 e. The third-order valence-corrected chi connectivity index (χ3v) is 7.44. The first-order valence-corrected chi connectivity index (χ1v) is 7.23. The van der Waals surface area contributed by atoms with E-state index in [0.717, 1.165) is 6.42 Å². The Morgan fingerprint density at radius 2 is 1.94 bits per heavy atom. The molecule has 0 amide bonds. The molecule has 4 fully saturated rings. The predicted octanol–water partition coefficient (Wildman–Crippen LogP) is 2.74. The molecule has 4 aliphatic rings. The van der Waals surface area contributed by atoms with Crippen LogP contribution in [0.5, 0.6) is 0 Å². The summed E-state index contributed by atoms with van der Waals surface area (Å²) in [4.78, 5) is 12.4. The molecule has 3 nitrogen and oxygen atoms in total. The molecule has 1 spiro atoms. The maximum atomic E-state index is 12.4. The van der Waals surface area contributed by atoms with Gasteiger partial charge in [-0.3, -0.25) is 4.79 Å². The fourth-order valence-corrected chi connectivity index (χ4v) is 5.58. The van der Waals surface area contributed by atoms with Crippen LogP contribution in [0.4, 0.5) is 0 Å². The number of carbonyl (C=O) groups is 1. The number of rotatable bonds is 0. The lowest BCUT2D eigenvalue weighted by Gasteiger charge is -2.40. The van der Waals surface area contributed by atoms with Crippen LogP contribution in [-0.4, -0.2) is 18.4 Å². The smallest absolute Gasteiger partial charge is 0.317 e.